The fraction of sp³-hybridized carbons (Fsp3) is 0.111. The van der Waals surface area contributed by atoms with Crippen LogP contribution in [0.25, 0.3) is 38.9 Å². The number of rotatable bonds is 8. The number of nitrogens with one attached hydrogen (secondary N) is 2. The number of allylic oxidation sites excluding steroid dienone is 1. The van der Waals surface area contributed by atoms with E-state index in [0.717, 1.165) is 27.6 Å². The molecule has 4 aromatic rings. The van der Waals surface area contributed by atoms with Crippen molar-refractivity contribution in [2.75, 3.05) is 12.3 Å². The third-order valence-corrected chi connectivity index (χ3v) is 5.68. The van der Waals surface area contributed by atoms with E-state index < -0.39 is 5.91 Å². The number of fused-ring (bicyclic) bond motifs is 1. The fourth-order valence-corrected chi connectivity index (χ4v) is 3.83. The maximum absolute atomic E-state index is 13.6. The summed E-state index contributed by atoms with van der Waals surface area (Å²) < 4.78 is 13.6. The summed E-state index contributed by atoms with van der Waals surface area (Å²) >= 11 is 0. The standard InChI is InChI=1S/C27H25FN6O/c1-16-8-11-33-24-7-4-18(12-21(16)24)22-13-23(19(14-29)15-32-10-9-25(30)35)27(31)34-26(22)17-2-5-20(28)6-3-17/h2-8,11-15,29,32H,9-10H2,1H3,(H2,30,35)(H2,31,34)/b19-15+,29-14?. The maximum Gasteiger partial charge on any atom is 0.219 e. The van der Waals surface area contributed by atoms with Gasteiger partial charge in [0.15, 0.2) is 0 Å². The van der Waals surface area contributed by atoms with Crippen molar-refractivity contribution in [3.8, 4) is 22.4 Å². The van der Waals surface area contributed by atoms with Gasteiger partial charge in [0, 0.05) is 59.2 Å². The van der Waals surface area contributed by atoms with Gasteiger partial charge in [0.2, 0.25) is 5.91 Å². The van der Waals surface area contributed by atoms with Crippen LogP contribution < -0.4 is 16.8 Å². The number of hydrogen-bond donors (Lipinski definition) is 4. The first-order chi connectivity index (χ1) is 16.9. The molecular weight excluding hydrogens is 443 g/mol. The summed E-state index contributed by atoms with van der Waals surface area (Å²) in [6.45, 7) is 2.35. The summed E-state index contributed by atoms with van der Waals surface area (Å²) in [6.07, 6.45) is 4.71. The highest BCUT2D eigenvalue weighted by molar-refractivity contribution is 6.11. The van der Waals surface area contributed by atoms with Gasteiger partial charge < -0.3 is 22.2 Å². The first-order valence-corrected chi connectivity index (χ1v) is 11.0. The summed E-state index contributed by atoms with van der Waals surface area (Å²) in [5.41, 5.74) is 17.5. The second-order valence-corrected chi connectivity index (χ2v) is 8.10. The molecule has 6 N–H and O–H groups in total. The lowest BCUT2D eigenvalue weighted by atomic mass is 9.94. The number of primary amides is 1. The molecule has 1 amide bonds. The van der Waals surface area contributed by atoms with Crippen molar-refractivity contribution >= 4 is 34.4 Å². The quantitative estimate of drug-likeness (QED) is 0.224. The summed E-state index contributed by atoms with van der Waals surface area (Å²) in [6, 6.07) is 15.8. The van der Waals surface area contributed by atoms with Crippen molar-refractivity contribution in [2.24, 2.45) is 5.73 Å². The molecule has 0 unspecified atom stereocenters. The second kappa shape index (κ2) is 10.1. The van der Waals surface area contributed by atoms with Gasteiger partial charge in [0.25, 0.3) is 0 Å². The zero-order valence-electron chi connectivity index (χ0n) is 19.2. The Kier molecular flexibility index (Phi) is 6.82. The summed E-state index contributed by atoms with van der Waals surface area (Å²) in [4.78, 5) is 20.1. The van der Waals surface area contributed by atoms with Crippen LogP contribution in [-0.4, -0.2) is 28.6 Å². The molecule has 8 heteroatoms. The molecule has 176 valence electrons. The summed E-state index contributed by atoms with van der Waals surface area (Å²) in [5, 5.41) is 11.9. The van der Waals surface area contributed by atoms with Gasteiger partial charge in [0.05, 0.1) is 11.2 Å². The van der Waals surface area contributed by atoms with Crippen LogP contribution in [0.15, 0.2) is 67.0 Å². The molecule has 0 aliphatic rings. The van der Waals surface area contributed by atoms with E-state index in [1.807, 2.05) is 37.3 Å². The average Bonchev–Trinajstić information content (AvgIpc) is 2.85. The third-order valence-electron chi connectivity index (χ3n) is 5.68. The molecule has 7 nitrogen and oxygen atoms in total. The molecule has 2 heterocycles. The largest absolute Gasteiger partial charge is 0.390 e. The highest BCUT2D eigenvalue weighted by Crippen LogP contribution is 2.36. The highest BCUT2D eigenvalue weighted by atomic mass is 19.1. The number of nitrogen functional groups attached to an aromatic ring is 1. The van der Waals surface area contributed by atoms with Gasteiger partial charge >= 0.3 is 0 Å². The molecule has 0 fully saturated rings. The zero-order valence-corrected chi connectivity index (χ0v) is 19.2. The van der Waals surface area contributed by atoms with Gasteiger partial charge in [-0.1, -0.05) is 6.07 Å². The van der Waals surface area contributed by atoms with E-state index in [2.05, 4.69) is 15.3 Å². The van der Waals surface area contributed by atoms with Gasteiger partial charge in [0.1, 0.15) is 11.6 Å². The number of pyridine rings is 2. The Morgan fingerprint density at radius 1 is 1.11 bits per heavy atom. The van der Waals surface area contributed by atoms with Crippen LogP contribution in [0.1, 0.15) is 17.5 Å². The maximum atomic E-state index is 13.6. The van der Waals surface area contributed by atoms with E-state index in [9.17, 15) is 9.18 Å². The SMILES string of the molecule is Cc1ccnc2ccc(-c3cc(/C(C=N)=C/NCCC(N)=O)c(N)nc3-c3ccc(F)cc3)cc12. The molecule has 0 radical (unpaired) electrons. The number of amides is 1. The lowest BCUT2D eigenvalue weighted by Crippen LogP contribution is -2.18. The van der Waals surface area contributed by atoms with Crippen LogP contribution >= 0.6 is 0 Å². The minimum Gasteiger partial charge on any atom is -0.390 e. The van der Waals surface area contributed by atoms with Crippen molar-refractivity contribution < 1.29 is 9.18 Å². The van der Waals surface area contributed by atoms with Crippen molar-refractivity contribution in [1.82, 2.24) is 15.3 Å². The van der Waals surface area contributed by atoms with Crippen LogP contribution in [0, 0.1) is 18.2 Å². The average molecular weight is 469 g/mol. The molecular formula is C27H25FN6O. The zero-order chi connectivity index (χ0) is 24.9. The molecule has 0 atom stereocenters. The van der Waals surface area contributed by atoms with Gasteiger partial charge in [-0.3, -0.25) is 9.78 Å². The van der Waals surface area contributed by atoms with Gasteiger partial charge in [-0.2, -0.15) is 0 Å². The molecule has 2 aromatic heterocycles. The molecule has 0 bridgehead atoms. The number of nitrogens with zero attached hydrogens (tertiary/aromatic N) is 2. The smallest absolute Gasteiger partial charge is 0.219 e. The Hall–Kier alpha value is -4.59. The van der Waals surface area contributed by atoms with Crippen LogP contribution in [-0.2, 0) is 4.79 Å². The molecule has 35 heavy (non-hydrogen) atoms. The molecule has 0 saturated carbocycles. The van der Waals surface area contributed by atoms with Gasteiger partial charge in [-0.25, -0.2) is 9.37 Å². The molecule has 2 aromatic carbocycles. The monoisotopic (exact) mass is 468 g/mol. The number of anilines is 1. The van der Waals surface area contributed by atoms with E-state index in [1.54, 1.807) is 24.5 Å². The number of aryl methyl sites for hydroxylation is 1. The number of carbonyl (C=O) groups is 1. The fourth-order valence-electron chi connectivity index (χ4n) is 3.83. The molecule has 0 spiro atoms. The van der Waals surface area contributed by atoms with Crippen molar-refractivity contribution in [2.45, 2.75) is 13.3 Å². The van der Waals surface area contributed by atoms with Crippen LogP contribution in [0.2, 0.25) is 0 Å². The van der Waals surface area contributed by atoms with E-state index in [0.29, 0.717) is 28.9 Å². The first-order valence-electron chi connectivity index (χ1n) is 11.0. The number of hydrogen-bond acceptors (Lipinski definition) is 6. The van der Waals surface area contributed by atoms with E-state index in [4.69, 9.17) is 16.9 Å². The predicted molar refractivity (Wildman–Crippen MR) is 138 cm³/mol. The summed E-state index contributed by atoms with van der Waals surface area (Å²) in [5.74, 6) is -0.544. The molecule has 0 aliphatic heterocycles. The Bertz CT molecular complexity index is 1450. The van der Waals surface area contributed by atoms with E-state index >= 15 is 0 Å². The second-order valence-electron chi connectivity index (χ2n) is 8.10. The molecule has 4 rings (SSSR count). The Morgan fingerprint density at radius 2 is 1.86 bits per heavy atom. The number of carbonyl (C=O) groups excluding carboxylic acids is 1. The van der Waals surface area contributed by atoms with Gasteiger partial charge in [-0.15, -0.1) is 0 Å². The number of nitrogens with two attached hydrogens (primary N) is 2. The van der Waals surface area contributed by atoms with E-state index in [1.165, 1.54) is 18.3 Å². The lowest BCUT2D eigenvalue weighted by molar-refractivity contribution is -0.117. The van der Waals surface area contributed by atoms with Crippen molar-refractivity contribution in [3.05, 3.63) is 83.9 Å². The van der Waals surface area contributed by atoms with Crippen molar-refractivity contribution in [3.63, 3.8) is 0 Å². The Morgan fingerprint density at radius 3 is 2.57 bits per heavy atom. The van der Waals surface area contributed by atoms with Crippen LogP contribution in [0.5, 0.6) is 0 Å². The van der Waals surface area contributed by atoms with Gasteiger partial charge in [-0.05, 0) is 66.6 Å². The number of halogens is 1. The third kappa shape index (κ3) is 5.16. The first kappa shape index (κ1) is 23.6. The molecule has 0 saturated heterocycles. The predicted octanol–water partition coefficient (Wildman–Crippen LogP) is 4.45. The summed E-state index contributed by atoms with van der Waals surface area (Å²) in [7, 11) is 0. The normalized spacial score (nSPS) is 11.4. The number of benzene rings is 2. The van der Waals surface area contributed by atoms with Crippen LogP contribution in [0.4, 0.5) is 10.2 Å². The van der Waals surface area contributed by atoms with Crippen LogP contribution in [0.3, 0.4) is 0 Å². The van der Waals surface area contributed by atoms with Crippen molar-refractivity contribution in [1.29, 1.82) is 5.41 Å². The lowest BCUT2D eigenvalue weighted by Gasteiger charge is -2.15. The topological polar surface area (TPSA) is 131 Å². The minimum atomic E-state index is -0.421. The molecule has 0 aliphatic carbocycles. The minimum absolute atomic E-state index is 0.161. The highest BCUT2D eigenvalue weighted by Gasteiger charge is 2.16. The number of aromatic nitrogens is 2. The Labute approximate surface area is 202 Å². The Balaban J connectivity index is 1.89. The van der Waals surface area contributed by atoms with E-state index in [-0.39, 0.29) is 18.1 Å².